The summed E-state index contributed by atoms with van der Waals surface area (Å²) in [5.41, 5.74) is 2.18. The lowest BCUT2D eigenvalue weighted by Gasteiger charge is -2.04. The second-order valence-corrected chi connectivity index (χ2v) is 4.54. The maximum atomic E-state index is 4.61. The predicted octanol–water partition coefficient (Wildman–Crippen LogP) is 0.992. The molecule has 2 heterocycles. The van der Waals surface area contributed by atoms with Crippen molar-refractivity contribution < 1.29 is 0 Å². The Kier molecular flexibility index (Phi) is 3.00. The van der Waals surface area contributed by atoms with Gasteiger partial charge in [0, 0.05) is 14.1 Å². The Morgan fingerprint density at radius 2 is 1.89 bits per heavy atom. The number of nitrogens with zero attached hydrogens (tertiary/aromatic N) is 5. The van der Waals surface area contributed by atoms with Crippen LogP contribution in [-0.2, 0) is 27.2 Å². The summed E-state index contributed by atoms with van der Waals surface area (Å²) >= 11 is 0. The highest BCUT2D eigenvalue weighted by Crippen LogP contribution is 2.13. The third kappa shape index (κ3) is 2.22. The monoisotopic (exact) mass is 256 g/mol. The Labute approximate surface area is 111 Å². The first kappa shape index (κ1) is 11.9. The number of fused-ring (bicyclic) bond motifs is 1. The summed E-state index contributed by atoms with van der Waals surface area (Å²) in [6, 6.07) is 8.14. The molecule has 1 N–H and O–H groups in total. The van der Waals surface area contributed by atoms with Crippen molar-refractivity contribution in [2.75, 3.05) is 0 Å². The molecule has 0 aliphatic carbocycles. The number of aryl methyl sites for hydroxylation is 2. The van der Waals surface area contributed by atoms with E-state index in [0.29, 0.717) is 13.1 Å². The molecule has 0 aliphatic heterocycles. The van der Waals surface area contributed by atoms with E-state index in [2.05, 4.69) is 31.1 Å². The lowest BCUT2D eigenvalue weighted by Crippen LogP contribution is -2.18. The lowest BCUT2D eigenvalue weighted by atomic mass is 10.3. The van der Waals surface area contributed by atoms with E-state index < -0.39 is 0 Å². The van der Waals surface area contributed by atoms with Gasteiger partial charge in [-0.25, -0.2) is 4.98 Å². The molecule has 0 amide bonds. The Hall–Kier alpha value is -2.21. The zero-order chi connectivity index (χ0) is 13.2. The molecule has 2 aromatic heterocycles. The van der Waals surface area contributed by atoms with Crippen LogP contribution in [0.5, 0.6) is 0 Å². The van der Waals surface area contributed by atoms with Gasteiger partial charge in [0.15, 0.2) is 0 Å². The molecule has 0 bridgehead atoms. The van der Waals surface area contributed by atoms with Crippen LogP contribution in [-0.4, -0.2) is 24.3 Å². The second kappa shape index (κ2) is 4.81. The van der Waals surface area contributed by atoms with Crippen molar-refractivity contribution in [2.45, 2.75) is 13.1 Å². The number of aromatic nitrogens is 5. The predicted molar refractivity (Wildman–Crippen MR) is 72.3 cm³/mol. The molecule has 0 saturated carbocycles. The summed E-state index contributed by atoms with van der Waals surface area (Å²) in [6.07, 6.45) is 1.70. The highest BCUT2D eigenvalue weighted by atomic mass is 15.3. The zero-order valence-corrected chi connectivity index (χ0v) is 11.0. The summed E-state index contributed by atoms with van der Waals surface area (Å²) in [4.78, 5) is 4.61. The minimum Gasteiger partial charge on any atom is -0.330 e. The van der Waals surface area contributed by atoms with Gasteiger partial charge in [0.05, 0.1) is 24.1 Å². The summed E-state index contributed by atoms with van der Waals surface area (Å²) in [7, 11) is 3.97. The number of hydrogen-bond acceptors (Lipinski definition) is 4. The molecular weight excluding hydrogens is 240 g/mol. The molecule has 0 atom stereocenters. The third-order valence-electron chi connectivity index (χ3n) is 3.25. The van der Waals surface area contributed by atoms with Gasteiger partial charge in [-0.15, -0.1) is 10.2 Å². The van der Waals surface area contributed by atoms with E-state index in [0.717, 1.165) is 22.7 Å². The van der Waals surface area contributed by atoms with Crippen molar-refractivity contribution >= 4 is 11.0 Å². The highest BCUT2D eigenvalue weighted by Gasteiger charge is 2.07. The van der Waals surface area contributed by atoms with Crippen LogP contribution in [0.3, 0.4) is 0 Å². The number of rotatable bonds is 4. The molecule has 0 radical (unpaired) electrons. The van der Waals surface area contributed by atoms with Gasteiger partial charge in [0.25, 0.3) is 0 Å². The molecule has 6 heteroatoms. The van der Waals surface area contributed by atoms with Gasteiger partial charge < -0.3 is 14.5 Å². The Morgan fingerprint density at radius 3 is 2.63 bits per heavy atom. The molecule has 0 unspecified atom stereocenters. The van der Waals surface area contributed by atoms with Crippen molar-refractivity contribution in [1.82, 2.24) is 29.6 Å². The summed E-state index contributed by atoms with van der Waals surface area (Å²) in [5, 5.41) is 11.2. The summed E-state index contributed by atoms with van der Waals surface area (Å²) in [6.45, 7) is 1.39. The SMILES string of the molecule is Cn1cnnc1CNCc1nc2ccccc2n1C. The molecule has 98 valence electrons. The minimum atomic E-state index is 0.680. The largest absolute Gasteiger partial charge is 0.330 e. The van der Waals surface area contributed by atoms with Gasteiger partial charge in [0.2, 0.25) is 0 Å². The van der Waals surface area contributed by atoms with Crippen LogP contribution in [0.1, 0.15) is 11.6 Å². The van der Waals surface area contributed by atoms with Crippen LogP contribution in [0.4, 0.5) is 0 Å². The first-order valence-corrected chi connectivity index (χ1v) is 6.19. The van der Waals surface area contributed by atoms with E-state index in [1.54, 1.807) is 6.33 Å². The average molecular weight is 256 g/mol. The maximum absolute atomic E-state index is 4.61. The fraction of sp³-hybridized carbons (Fsp3) is 0.308. The van der Waals surface area contributed by atoms with Crippen LogP contribution in [0, 0.1) is 0 Å². The molecule has 3 aromatic rings. The lowest BCUT2D eigenvalue weighted by molar-refractivity contribution is 0.607. The fourth-order valence-electron chi connectivity index (χ4n) is 2.11. The molecule has 6 nitrogen and oxygen atoms in total. The standard InChI is InChI=1S/C13H16N6/c1-18-9-15-17-13(18)8-14-7-12-16-10-5-3-4-6-11(10)19(12)2/h3-6,9,14H,7-8H2,1-2H3. The van der Waals surface area contributed by atoms with Crippen LogP contribution in [0.25, 0.3) is 11.0 Å². The first-order chi connectivity index (χ1) is 9.25. The smallest absolute Gasteiger partial charge is 0.146 e. The zero-order valence-electron chi connectivity index (χ0n) is 11.0. The van der Waals surface area contributed by atoms with Gasteiger partial charge in [-0.3, -0.25) is 0 Å². The van der Waals surface area contributed by atoms with Gasteiger partial charge >= 0.3 is 0 Å². The fourth-order valence-corrected chi connectivity index (χ4v) is 2.11. The molecule has 3 rings (SSSR count). The molecule has 0 saturated heterocycles. The second-order valence-electron chi connectivity index (χ2n) is 4.54. The van der Waals surface area contributed by atoms with Crippen LogP contribution < -0.4 is 5.32 Å². The van der Waals surface area contributed by atoms with E-state index in [-0.39, 0.29) is 0 Å². The van der Waals surface area contributed by atoms with E-state index in [4.69, 9.17) is 0 Å². The Bertz CT molecular complexity index is 696. The van der Waals surface area contributed by atoms with Gasteiger partial charge in [-0.05, 0) is 12.1 Å². The van der Waals surface area contributed by atoms with Crippen LogP contribution in [0.15, 0.2) is 30.6 Å². The molecule has 0 fully saturated rings. The highest BCUT2D eigenvalue weighted by molar-refractivity contribution is 5.75. The summed E-state index contributed by atoms with van der Waals surface area (Å²) < 4.78 is 4.01. The number of benzene rings is 1. The van der Waals surface area contributed by atoms with Crippen molar-refractivity contribution in [3.05, 3.63) is 42.2 Å². The number of para-hydroxylation sites is 2. The normalized spacial score (nSPS) is 11.3. The maximum Gasteiger partial charge on any atom is 0.146 e. The quantitative estimate of drug-likeness (QED) is 0.756. The van der Waals surface area contributed by atoms with Crippen molar-refractivity contribution in [3.8, 4) is 0 Å². The van der Waals surface area contributed by atoms with E-state index in [1.165, 1.54) is 0 Å². The van der Waals surface area contributed by atoms with Crippen LogP contribution >= 0.6 is 0 Å². The van der Waals surface area contributed by atoms with Gasteiger partial charge in [-0.1, -0.05) is 12.1 Å². The van der Waals surface area contributed by atoms with Gasteiger partial charge in [-0.2, -0.15) is 0 Å². The van der Waals surface area contributed by atoms with Crippen LogP contribution in [0.2, 0.25) is 0 Å². The van der Waals surface area contributed by atoms with Gasteiger partial charge in [0.1, 0.15) is 18.0 Å². The average Bonchev–Trinajstić information content (AvgIpc) is 2.96. The molecule has 0 spiro atoms. The van der Waals surface area contributed by atoms with Crippen molar-refractivity contribution in [2.24, 2.45) is 14.1 Å². The van der Waals surface area contributed by atoms with E-state index >= 15 is 0 Å². The number of nitrogens with one attached hydrogen (secondary N) is 1. The molecule has 19 heavy (non-hydrogen) atoms. The molecule has 0 aliphatic rings. The number of hydrogen-bond donors (Lipinski definition) is 1. The molecule has 1 aromatic carbocycles. The topological polar surface area (TPSA) is 60.6 Å². The van der Waals surface area contributed by atoms with E-state index in [9.17, 15) is 0 Å². The Balaban J connectivity index is 1.72. The van der Waals surface area contributed by atoms with Crippen molar-refractivity contribution in [3.63, 3.8) is 0 Å². The first-order valence-electron chi connectivity index (χ1n) is 6.19. The van der Waals surface area contributed by atoms with E-state index in [1.807, 2.05) is 36.9 Å². The minimum absolute atomic E-state index is 0.680. The Morgan fingerprint density at radius 1 is 1.11 bits per heavy atom. The third-order valence-corrected chi connectivity index (χ3v) is 3.25. The summed E-state index contributed by atoms with van der Waals surface area (Å²) in [5.74, 6) is 1.93. The molecular formula is C13H16N6. The number of imidazole rings is 1. The van der Waals surface area contributed by atoms with Crippen molar-refractivity contribution in [1.29, 1.82) is 0 Å².